The van der Waals surface area contributed by atoms with Crippen molar-refractivity contribution < 1.29 is 19.8 Å². The molecular weight excluding hydrogens is 359 g/mol. The molecule has 0 saturated heterocycles. The zero-order valence-electron chi connectivity index (χ0n) is 5.58. The summed E-state index contributed by atoms with van der Waals surface area (Å²) >= 11 is -1.83. The number of halogens is 1. The maximum atomic E-state index is 10.3. The zero-order valence-corrected chi connectivity index (χ0v) is 9.73. The summed E-state index contributed by atoms with van der Waals surface area (Å²) in [7, 11) is 5.81. The molecule has 0 aromatic heterocycles. The van der Waals surface area contributed by atoms with Crippen LogP contribution in [0.5, 0.6) is 0 Å². The molecule has 0 N–H and O–H groups in total. The van der Waals surface area contributed by atoms with E-state index in [1.807, 2.05) is 30.3 Å². The molecule has 1 atom stereocenters. The molecule has 0 bridgehead atoms. The van der Waals surface area contributed by atoms with Crippen LogP contribution in [0.1, 0.15) is 0 Å². The molecule has 62 valence electrons. The monoisotopic (exact) mass is 366 g/mol. The molecule has 1 rings (SSSR count). The summed E-state index contributed by atoms with van der Waals surface area (Å²) in [6, 6.07) is 9.92. The third-order valence-electron chi connectivity index (χ3n) is 1.02. The van der Waals surface area contributed by atoms with Crippen LogP contribution in [-0.4, -0.2) is 4.80 Å². The third kappa shape index (κ3) is 3.44. The van der Waals surface area contributed by atoms with Crippen LogP contribution in [0.25, 0.3) is 0 Å². The molecule has 0 radical (unpaired) electrons. The van der Waals surface area contributed by atoms with Gasteiger partial charge in [-0.3, -0.25) is 0 Å². The van der Waals surface area contributed by atoms with Crippen LogP contribution >= 0.6 is 16.4 Å². The molecular formula is C7H7ClIrOP. The van der Waals surface area contributed by atoms with Crippen LogP contribution < -0.4 is 5.30 Å². The van der Waals surface area contributed by atoms with Gasteiger partial charge in [0.2, 0.25) is 0 Å². The van der Waals surface area contributed by atoms with Crippen LogP contribution in [0.3, 0.4) is 0 Å². The fourth-order valence-electron chi connectivity index (χ4n) is 0.605. The Bertz CT molecular complexity index is 229. The van der Waals surface area contributed by atoms with Gasteiger partial charge in [0.1, 0.15) is 0 Å². The number of carbonyl (C=O) groups is 1. The molecule has 1 nitrogen and oxygen atoms in total. The van der Waals surface area contributed by atoms with E-state index in [0.717, 1.165) is 4.80 Å². The minimum absolute atomic E-state index is 0.542. The summed E-state index contributed by atoms with van der Waals surface area (Å²) in [5.74, 6) is 0. The molecule has 0 aliphatic heterocycles. The average molecular weight is 366 g/mol. The average Bonchev–Trinajstić information content (AvgIpc) is 2.06. The number of rotatable bonds is 3. The molecule has 0 aliphatic carbocycles. The second-order valence-electron chi connectivity index (χ2n) is 1.76. The van der Waals surface area contributed by atoms with E-state index in [0.29, 0.717) is 6.82 Å². The van der Waals surface area contributed by atoms with Gasteiger partial charge in [-0.25, -0.2) is 0 Å². The Balaban J connectivity index is 2.57. The molecule has 1 aromatic rings. The van der Waals surface area contributed by atoms with Crippen molar-refractivity contribution >= 4 is 26.5 Å². The van der Waals surface area contributed by atoms with Gasteiger partial charge in [-0.1, -0.05) is 0 Å². The minimum atomic E-state index is -1.83. The first-order chi connectivity index (χ1) is 5.33. The SMILES string of the molecule is O=[CH][Ir]([Cl])[PH]c1ccccc1. The molecule has 0 amide bonds. The fourth-order valence-corrected chi connectivity index (χ4v) is 6.52. The van der Waals surface area contributed by atoms with Crippen molar-refractivity contribution in [2.24, 2.45) is 0 Å². The Labute approximate surface area is 76.6 Å². The molecule has 0 aliphatic rings. The summed E-state index contributed by atoms with van der Waals surface area (Å²) in [4.78, 5) is 11.2. The molecule has 0 saturated carbocycles. The van der Waals surface area contributed by atoms with E-state index in [9.17, 15) is 4.79 Å². The van der Waals surface area contributed by atoms with Crippen molar-refractivity contribution in [3.63, 3.8) is 0 Å². The van der Waals surface area contributed by atoms with Crippen LogP contribution in [0, 0.1) is 0 Å². The molecule has 0 fully saturated rings. The Morgan fingerprint density at radius 2 is 2.00 bits per heavy atom. The van der Waals surface area contributed by atoms with Gasteiger partial charge in [-0.05, 0) is 0 Å². The molecule has 0 heterocycles. The van der Waals surface area contributed by atoms with E-state index in [2.05, 4.69) is 0 Å². The van der Waals surface area contributed by atoms with Gasteiger partial charge in [0.15, 0.2) is 0 Å². The van der Waals surface area contributed by atoms with Gasteiger partial charge in [0.05, 0.1) is 0 Å². The first kappa shape index (κ1) is 9.35. The standard InChI is InChI=1S/C6H6P.CHO.ClH.Ir/c7-6-4-2-1-3-5-6;1-2;;/h1-5,7H;1H;1H;/q-1;;;+2/p-1. The topological polar surface area (TPSA) is 17.1 Å². The Kier molecular flexibility index (Phi) is 4.25. The molecule has 0 spiro atoms. The summed E-state index contributed by atoms with van der Waals surface area (Å²) in [5, 5.41) is 1.20. The van der Waals surface area contributed by atoms with Gasteiger partial charge in [0, 0.05) is 0 Å². The Morgan fingerprint density at radius 3 is 2.55 bits per heavy atom. The summed E-state index contributed by atoms with van der Waals surface area (Å²) in [6.45, 7) is 0.542. The first-order valence-corrected chi connectivity index (χ1v) is 11.7. The second-order valence-corrected chi connectivity index (χ2v) is 13.4. The van der Waals surface area contributed by atoms with Crippen LogP contribution in [0.2, 0.25) is 0 Å². The zero-order chi connectivity index (χ0) is 8.10. The van der Waals surface area contributed by atoms with Crippen LogP contribution in [0.4, 0.5) is 0 Å². The predicted molar refractivity (Wildman–Crippen MR) is 47.0 cm³/mol. The number of carbonyl (C=O) groups excluding carboxylic acids is 1. The molecule has 4 heteroatoms. The Morgan fingerprint density at radius 1 is 1.36 bits per heavy atom. The van der Waals surface area contributed by atoms with Crippen LogP contribution in [-0.2, 0) is 19.8 Å². The van der Waals surface area contributed by atoms with E-state index in [-0.39, 0.29) is 0 Å². The summed E-state index contributed by atoms with van der Waals surface area (Å²) in [6.07, 6.45) is 0. The quantitative estimate of drug-likeness (QED) is 0.590. The third-order valence-corrected chi connectivity index (χ3v) is 8.67. The second kappa shape index (κ2) is 5.00. The van der Waals surface area contributed by atoms with E-state index in [4.69, 9.17) is 9.58 Å². The van der Waals surface area contributed by atoms with E-state index in [1.54, 1.807) is 0 Å². The number of hydrogen-bond donors (Lipinski definition) is 0. The maximum absolute atomic E-state index is 10.3. The van der Waals surface area contributed by atoms with Gasteiger partial charge in [0.25, 0.3) is 0 Å². The van der Waals surface area contributed by atoms with Gasteiger partial charge in [-0.15, -0.1) is 0 Å². The van der Waals surface area contributed by atoms with Crippen molar-refractivity contribution in [3.8, 4) is 0 Å². The van der Waals surface area contributed by atoms with Crippen molar-refractivity contribution in [2.75, 3.05) is 0 Å². The fraction of sp³-hybridized carbons (Fsp3) is 0. The van der Waals surface area contributed by atoms with Gasteiger partial charge < -0.3 is 0 Å². The Hall–Kier alpha value is 0.259. The number of hydrogen-bond acceptors (Lipinski definition) is 1. The van der Waals surface area contributed by atoms with Crippen molar-refractivity contribution in [1.29, 1.82) is 0 Å². The van der Waals surface area contributed by atoms with E-state index < -0.39 is 15.0 Å². The molecule has 1 unspecified atom stereocenters. The number of benzene rings is 1. The summed E-state index contributed by atoms with van der Waals surface area (Å²) in [5.41, 5.74) is 0. The van der Waals surface area contributed by atoms with E-state index in [1.165, 1.54) is 5.30 Å². The van der Waals surface area contributed by atoms with Gasteiger partial charge >= 0.3 is 76.6 Å². The van der Waals surface area contributed by atoms with Gasteiger partial charge in [-0.2, -0.15) is 0 Å². The van der Waals surface area contributed by atoms with Crippen LogP contribution in [0.15, 0.2) is 30.3 Å². The van der Waals surface area contributed by atoms with Crippen molar-refractivity contribution in [2.45, 2.75) is 0 Å². The van der Waals surface area contributed by atoms with E-state index >= 15 is 0 Å². The predicted octanol–water partition coefficient (Wildman–Crippen LogP) is 1.87. The summed E-state index contributed by atoms with van der Waals surface area (Å²) < 4.78 is 0. The molecule has 1 aromatic carbocycles. The molecule has 11 heavy (non-hydrogen) atoms. The van der Waals surface area contributed by atoms with Crippen molar-refractivity contribution in [1.82, 2.24) is 0 Å². The normalized spacial score (nSPS) is 11.9. The van der Waals surface area contributed by atoms with Crippen molar-refractivity contribution in [3.05, 3.63) is 30.3 Å². The first-order valence-electron chi connectivity index (χ1n) is 2.88.